The quantitative estimate of drug-likeness (QED) is 0.833. The highest BCUT2D eigenvalue weighted by atomic mass is 16.5. The molecule has 0 spiro atoms. The Morgan fingerprint density at radius 3 is 2.50 bits per heavy atom. The van der Waals surface area contributed by atoms with Crippen LogP contribution < -0.4 is 20.9 Å². The number of methoxy groups -OCH3 is 2. The van der Waals surface area contributed by atoms with E-state index in [-0.39, 0.29) is 5.69 Å². The summed E-state index contributed by atoms with van der Waals surface area (Å²) in [4.78, 5) is 11.1. The maximum atomic E-state index is 11.1. The van der Waals surface area contributed by atoms with Crippen molar-refractivity contribution in [1.82, 2.24) is 9.78 Å². The van der Waals surface area contributed by atoms with Crippen molar-refractivity contribution in [3.8, 4) is 11.5 Å². The first-order chi connectivity index (χ1) is 9.55. The second-order valence-corrected chi connectivity index (χ2v) is 4.17. The number of carbonyl (C=O) groups excluding carboxylic acids is 1. The van der Waals surface area contributed by atoms with Crippen LogP contribution in [0.5, 0.6) is 11.5 Å². The van der Waals surface area contributed by atoms with Crippen molar-refractivity contribution >= 4 is 11.7 Å². The van der Waals surface area contributed by atoms with Crippen LogP contribution in [-0.4, -0.2) is 29.9 Å². The minimum Gasteiger partial charge on any atom is -0.493 e. The molecule has 1 heterocycles. The summed E-state index contributed by atoms with van der Waals surface area (Å²) in [6.45, 7) is 0.402. The average molecular weight is 276 g/mol. The zero-order chi connectivity index (χ0) is 14.7. The number of ether oxygens (including phenoxy) is 2. The van der Waals surface area contributed by atoms with Gasteiger partial charge in [-0.3, -0.25) is 4.79 Å². The van der Waals surface area contributed by atoms with Gasteiger partial charge in [-0.15, -0.1) is 0 Å². The Kier molecular flexibility index (Phi) is 3.79. The minimum absolute atomic E-state index is 0.142. The fourth-order valence-electron chi connectivity index (χ4n) is 1.83. The normalized spacial score (nSPS) is 10.3. The number of hydrogen-bond donors (Lipinski definition) is 2. The fourth-order valence-corrected chi connectivity index (χ4v) is 1.83. The number of aromatic nitrogens is 2. The van der Waals surface area contributed by atoms with Gasteiger partial charge in [0.2, 0.25) is 0 Å². The van der Waals surface area contributed by atoms with Gasteiger partial charge in [0.05, 0.1) is 20.8 Å². The molecular weight excluding hydrogens is 260 g/mol. The van der Waals surface area contributed by atoms with Crippen molar-refractivity contribution in [2.24, 2.45) is 5.73 Å². The van der Waals surface area contributed by atoms with Gasteiger partial charge in [0.1, 0.15) is 5.82 Å². The number of nitrogens with two attached hydrogens (primary N) is 2. The lowest BCUT2D eigenvalue weighted by molar-refractivity contribution is 0.0995. The minimum atomic E-state index is -0.609. The first-order valence-corrected chi connectivity index (χ1v) is 5.89. The van der Waals surface area contributed by atoms with E-state index in [1.807, 2.05) is 12.1 Å². The van der Waals surface area contributed by atoms with E-state index < -0.39 is 5.91 Å². The molecule has 7 heteroatoms. The van der Waals surface area contributed by atoms with Gasteiger partial charge >= 0.3 is 0 Å². The lowest BCUT2D eigenvalue weighted by Gasteiger charge is -2.10. The molecule has 0 fully saturated rings. The molecule has 0 saturated carbocycles. The molecule has 20 heavy (non-hydrogen) atoms. The monoisotopic (exact) mass is 276 g/mol. The molecule has 1 aromatic carbocycles. The smallest absolute Gasteiger partial charge is 0.269 e. The predicted molar refractivity (Wildman–Crippen MR) is 73.8 cm³/mol. The first kappa shape index (κ1) is 13.7. The summed E-state index contributed by atoms with van der Waals surface area (Å²) in [5, 5.41) is 4.05. The topological polar surface area (TPSA) is 105 Å². The van der Waals surface area contributed by atoms with E-state index >= 15 is 0 Å². The van der Waals surface area contributed by atoms with E-state index in [1.165, 1.54) is 10.7 Å². The third-order valence-electron chi connectivity index (χ3n) is 2.84. The lowest BCUT2D eigenvalue weighted by atomic mass is 10.2. The van der Waals surface area contributed by atoms with Crippen LogP contribution in [0.4, 0.5) is 5.82 Å². The molecular formula is C13H16N4O3. The van der Waals surface area contributed by atoms with Crippen LogP contribution in [0.3, 0.4) is 0 Å². The molecule has 0 atom stereocenters. The van der Waals surface area contributed by atoms with Crippen molar-refractivity contribution in [2.45, 2.75) is 6.54 Å². The van der Waals surface area contributed by atoms with Gasteiger partial charge in [0.25, 0.3) is 5.91 Å². The van der Waals surface area contributed by atoms with Crippen LogP contribution in [0, 0.1) is 0 Å². The van der Waals surface area contributed by atoms with E-state index in [0.29, 0.717) is 23.9 Å². The van der Waals surface area contributed by atoms with E-state index in [1.54, 1.807) is 20.3 Å². The highest BCUT2D eigenvalue weighted by Crippen LogP contribution is 2.28. The molecule has 0 unspecified atom stereocenters. The second-order valence-electron chi connectivity index (χ2n) is 4.17. The summed E-state index contributed by atoms with van der Waals surface area (Å²) in [7, 11) is 3.14. The third kappa shape index (κ3) is 2.66. The Bertz CT molecular complexity index is 637. The predicted octanol–water partition coefficient (Wildman–Crippen LogP) is 0.630. The van der Waals surface area contributed by atoms with E-state index in [4.69, 9.17) is 20.9 Å². The van der Waals surface area contributed by atoms with Crippen LogP contribution in [-0.2, 0) is 6.54 Å². The summed E-state index contributed by atoms with van der Waals surface area (Å²) in [6.07, 6.45) is 0. The number of carbonyl (C=O) groups is 1. The highest BCUT2D eigenvalue weighted by molar-refractivity contribution is 5.91. The van der Waals surface area contributed by atoms with Gasteiger partial charge in [0.15, 0.2) is 17.2 Å². The van der Waals surface area contributed by atoms with Crippen molar-refractivity contribution in [3.63, 3.8) is 0 Å². The van der Waals surface area contributed by atoms with Gasteiger partial charge in [-0.05, 0) is 17.7 Å². The zero-order valence-electron chi connectivity index (χ0n) is 11.3. The molecule has 4 N–H and O–H groups in total. The number of primary amides is 1. The largest absolute Gasteiger partial charge is 0.493 e. The molecule has 0 bridgehead atoms. The van der Waals surface area contributed by atoms with Crippen molar-refractivity contribution in [3.05, 3.63) is 35.5 Å². The molecule has 1 aromatic heterocycles. The van der Waals surface area contributed by atoms with Crippen LogP contribution in [0.25, 0.3) is 0 Å². The van der Waals surface area contributed by atoms with Gasteiger partial charge in [-0.25, -0.2) is 4.68 Å². The Morgan fingerprint density at radius 1 is 1.25 bits per heavy atom. The van der Waals surface area contributed by atoms with Crippen molar-refractivity contribution < 1.29 is 14.3 Å². The van der Waals surface area contributed by atoms with Gasteiger partial charge in [-0.2, -0.15) is 5.10 Å². The Hall–Kier alpha value is -2.70. The highest BCUT2D eigenvalue weighted by Gasteiger charge is 2.11. The first-order valence-electron chi connectivity index (χ1n) is 5.89. The SMILES string of the molecule is COc1ccc(Cn2nc(C(N)=O)cc2N)cc1OC. The summed E-state index contributed by atoms with van der Waals surface area (Å²) < 4.78 is 11.9. The Labute approximate surface area is 116 Å². The summed E-state index contributed by atoms with van der Waals surface area (Å²) in [5.41, 5.74) is 12.0. The molecule has 0 aliphatic rings. The molecule has 2 aromatic rings. The molecule has 0 aliphatic carbocycles. The maximum Gasteiger partial charge on any atom is 0.269 e. The Morgan fingerprint density at radius 2 is 1.95 bits per heavy atom. The second kappa shape index (κ2) is 5.52. The molecule has 1 amide bonds. The number of nitrogen functional groups attached to an aromatic ring is 1. The molecule has 0 radical (unpaired) electrons. The van der Waals surface area contributed by atoms with Crippen LogP contribution >= 0.6 is 0 Å². The van der Waals surface area contributed by atoms with Crippen LogP contribution in [0.1, 0.15) is 16.1 Å². The lowest BCUT2D eigenvalue weighted by Crippen LogP contribution is -2.13. The average Bonchev–Trinajstić information content (AvgIpc) is 2.80. The number of benzene rings is 1. The third-order valence-corrected chi connectivity index (χ3v) is 2.84. The zero-order valence-corrected chi connectivity index (χ0v) is 11.3. The van der Waals surface area contributed by atoms with Crippen molar-refractivity contribution in [2.75, 3.05) is 20.0 Å². The van der Waals surface area contributed by atoms with Gasteiger partial charge in [-0.1, -0.05) is 6.07 Å². The molecule has 0 saturated heterocycles. The standard InChI is InChI=1S/C13H16N4O3/c1-19-10-4-3-8(5-11(10)20-2)7-17-12(14)6-9(16-17)13(15)18/h3-6H,7,14H2,1-2H3,(H2,15,18). The number of rotatable bonds is 5. The van der Waals surface area contributed by atoms with Crippen LogP contribution in [0.15, 0.2) is 24.3 Å². The molecule has 0 aliphatic heterocycles. The number of amides is 1. The summed E-state index contributed by atoms with van der Waals surface area (Å²) >= 11 is 0. The van der Waals surface area contributed by atoms with Gasteiger partial charge < -0.3 is 20.9 Å². The number of nitrogens with zero attached hydrogens (tertiary/aromatic N) is 2. The van der Waals surface area contributed by atoms with Gasteiger partial charge in [0, 0.05) is 6.07 Å². The maximum absolute atomic E-state index is 11.1. The summed E-state index contributed by atoms with van der Waals surface area (Å²) in [6, 6.07) is 6.93. The molecule has 2 rings (SSSR count). The number of anilines is 1. The van der Waals surface area contributed by atoms with E-state index in [0.717, 1.165) is 5.56 Å². The Balaban J connectivity index is 2.28. The molecule has 106 valence electrons. The van der Waals surface area contributed by atoms with Crippen molar-refractivity contribution in [1.29, 1.82) is 0 Å². The molecule has 7 nitrogen and oxygen atoms in total. The number of hydrogen-bond acceptors (Lipinski definition) is 5. The fraction of sp³-hybridized carbons (Fsp3) is 0.231. The van der Waals surface area contributed by atoms with E-state index in [9.17, 15) is 4.79 Å². The van der Waals surface area contributed by atoms with E-state index in [2.05, 4.69) is 5.10 Å². The van der Waals surface area contributed by atoms with Crippen LogP contribution in [0.2, 0.25) is 0 Å². The summed E-state index contributed by atoms with van der Waals surface area (Å²) in [5.74, 6) is 1.02.